The Bertz CT molecular complexity index is 745. The SMILES string of the molecule is CC(=O)NCc1cc(OC2CCN(Cc3nc(C(C)C)n[nH]3)C2)ccn1. The van der Waals surface area contributed by atoms with E-state index in [1.54, 1.807) is 6.20 Å². The number of nitrogens with zero attached hydrogens (tertiary/aromatic N) is 4. The average Bonchev–Trinajstić information content (AvgIpc) is 3.23. The van der Waals surface area contributed by atoms with Gasteiger partial charge >= 0.3 is 0 Å². The van der Waals surface area contributed by atoms with Crippen LogP contribution in [0.4, 0.5) is 0 Å². The summed E-state index contributed by atoms with van der Waals surface area (Å²) in [5.41, 5.74) is 0.787. The van der Waals surface area contributed by atoms with E-state index < -0.39 is 0 Å². The molecule has 140 valence electrons. The van der Waals surface area contributed by atoms with Crippen molar-refractivity contribution >= 4 is 5.91 Å². The molecule has 2 N–H and O–H groups in total. The van der Waals surface area contributed by atoms with Crippen molar-refractivity contribution in [1.82, 2.24) is 30.4 Å². The highest BCUT2D eigenvalue weighted by molar-refractivity contribution is 5.72. The summed E-state index contributed by atoms with van der Waals surface area (Å²) in [7, 11) is 0. The van der Waals surface area contributed by atoms with Crippen molar-refractivity contribution in [3.63, 3.8) is 0 Å². The molecule has 3 heterocycles. The van der Waals surface area contributed by atoms with E-state index in [4.69, 9.17) is 4.74 Å². The van der Waals surface area contributed by atoms with Crippen LogP contribution in [0.2, 0.25) is 0 Å². The maximum atomic E-state index is 11.0. The summed E-state index contributed by atoms with van der Waals surface area (Å²) in [6.45, 7) is 8.64. The second kappa shape index (κ2) is 8.27. The lowest BCUT2D eigenvalue weighted by molar-refractivity contribution is -0.119. The molecule has 0 saturated carbocycles. The maximum absolute atomic E-state index is 11.0. The van der Waals surface area contributed by atoms with Crippen LogP contribution in [0.5, 0.6) is 5.75 Å². The topological polar surface area (TPSA) is 96.0 Å². The number of H-pyrrole nitrogens is 1. The van der Waals surface area contributed by atoms with Crippen LogP contribution in [0, 0.1) is 0 Å². The Morgan fingerprint density at radius 1 is 1.50 bits per heavy atom. The fourth-order valence-electron chi connectivity index (χ4n) is 2.92. The van der Waals surface area contributed by atoms with Crippen LogP contribution in [0.25, 0.3) is 0 Å². The summed E-state index contributed by atoms with van der Waals surface area (Å²) < 4.78 is 6.09. The van der Waals surface area contributed by atoms with E-state index in [1.807, 2.05) is 12.1 Å². The second-order valence-electron chi connectivity index (χ2n) is 6.95. The molecule has 1 fully saturated rings. The number of aromatic nitrogens is 4. The molecule has 0 spiro atoms. The molecule has 26 heavy (non-hydrogen) atoms. The number of hydrogen-bond acceptors (Lipinski definition) is 6. The molecule has 2 aromatic heterocycles. The third kappa shape index (κ3) is 5.01. The molecule has 0 radical (unpaired) electrons. The normalized spacial score (nSPS) is 17.6. The molecule has 1 unspecified atom stereocenters. The molecule has 1 aliphatic rings. The van der Waals surface area contributed by atoms with Crippen molar-refractivity contribution in [1.29, 1.82) is 0 Å². The zero-order valence-corrected chi connectivity index (χ0v) is 15.5. The van der Waals surface area contributed by atoms with Gasteiger partial charge in [0.2, 0.25) is 5.91 Å². The Morgan fingerprint density at radius 2 is 2.35 bits per heavy atom. The van der Waals surface area contributed by atoms with Crippen molar-refractivity contribution in [2.75, 3.05) is 13.1 Å². The molecular formula is C18H26N6O2. The summed E-state index contributed by atoms with van der Waals surface area (Å²) in [5, 5.41) is 10.0. The Balaban J connectivity index is 1.51. The predicted octanol–water partition coefficient (Wildman–Crippen LogP) is 1.61. The lowest BCUT2D eigenvalue weighted by Gasteiger charge is -2.16. The van der Waals surface area contributed by atoms with E-state index in [0.29, 0.717) is 12.5 Å². The molecule has 1 atom stereocenters. The first-order valence-electron chi connectivity index (χ1n) is 8.99. The lowest BCUT2D eigenvalue weighted by atomic mass is 10.2. The van der Waals surface area contributed by atoms with Gasteiger partial charge in [-0.1, -0.05) is 13.8 Å². The third-order valence-corrected chi connectivity index (χ3v) is 4.28. The zero-order valence-electron chi connectivity index (χ0n) is 15.5. The third-order valence-electron chi connectivity index (χ3n) is 4.28. The monoisotopic (exact) mass is 358 g/mol. The number of amides is 1. The van der Waals surface area contributed by atoms with Crippen LogP contribution in [0.1, 0.15) is 50.5 Å². The van der Waals surface area contributed by atoms with Gasteiger partial charge in [0.15, 0.2) is 5.82 Å². The van der Waals surface area contributed by atoms with Gasteiger partial charge in [0, 0.05) is 38.2 Å². The summed E-state index contributed by atoms with van der Waals surface area (Å²) in [6, 6.07) is 3.73. The molecule has 3 rings (SSSR count). The molecule has 0 aliphatic carbocycles. The van der Waals surface area contributed by atoms with Gasteiger partial charge in [-0.15, -0.1) is 0 Å². The van der Waals surface area contributed by atoms with Crippen molar-refractivity contribution in [3.05, 3.63) is 35.7 Å². The molecular weight excluding hydrogens is 332 g/mol. The standard InChI is InChI=1S/C18H26N6O2/c1-12(2)18-21-17(22-23-18)11-24-7-5-16(10-24)26-15-4-6-19-14(8-15)9-20-13(3)25/h4,6,8,12,16H,5,7,9-11H2,1-3H3,(H,20,25)(H,21,22,23). The summed E-state index contributed by atoms with van der Waals surface area (Å²) in [4.78, 5) is 22.1. The van der Waals surface area contributed by atoms with Crippen LogP contribution in [0.3, 0.4) is 0 Å². The summed E-state index contributed by atoms with van der Waals surface area (Å²) in [5.74, 6) is 2.80. The highest BCUT2D eigenvalue weighted by Gasteiger charge is 2.25. The minimum Gasteiger partial charge on any atom is -0.489 e. The molecule has 0 aromatic carbocycles. The molecule has 0 bridgehead atoms. The summed E-state index contributed by atoms with van der Waals surface area (Å²) in [6.07, 6.45) is 2.81. The Kier molecular flexibility index (Phi) is 5.82. The molecule has 8 heteroatoms. The molecule has 1 aliphatic heterocycles. The minimum absolute atomic E-state index is 0.0717. The van der Waals surface area contributed by atoms with Gasteiger partial charge in [-0.25, -0.2) is 4.98 Å². The van der Waals surface area contributed by atoms with E-state index in [2.05, 4.69) is 44.2 Å². The van der Waals surface area contributed by atoms with Crippen LogP contribution < -0.4 is 10.1 Å². The van der Waals surface area contributed by atoms with Gasteiger partial charge in [0.05, 0.1) is 18.8 Å². The predicted molar refractivity (Wildman–Crippen MR) is 96.5 cm³/mol. The Labute approximate surface area is 153 Å². The smallest absolute Gasteiger partial charge is 0.217 e. The maximum Gasteiger partial charge on any atom is 0.217 e. The van der Waals surface area contributed by atoms with Gasteiger partial charge in [0.1, 0.15) is 17.7 Å². The zero-order chi connectivity index (χ0) is 18.5. The van der Waals surface area contributed by atoms with Gasteiger partial charge in [0.25, 0.3) is 0 Å². The van der Waals surface area contributed by atoms with E-state index in [-0.39, 0.29) is 12.0 Å². The fourth-order valence-corrected chi connectivity index (χ4v) is 2.92. The van der Waals surface area contributed by atoms with E-state index in [9.17, 15) is 4.79 Å². The first-order valence-corrected chi connectivity index (χ1v) is 8.99. The fraction of sp³-hybridized carbons (Fsp3) is 0.556. The second-order valence-corrected chi connectivity index (χ2v) is 6.95. The van der Waals surface area contributed by atoms with Gasteiger partial charge < -0.3 is 10.1 Å². The van der Waals surface area contributed by atoms with Crippen molar-refractivity contribution in [3.8, 4) is 5.75 Å². The molecule has 1 saturated heterocycles. The van der Waals surface area contributed by atoms with Crippen molar-refractivity contribution in [2.45, 2.75) is 52.3 Å². The Hall–Kier alpha value is -2.48. The molecule has 1 amide bonds. The molecule has 2 aromatic rings. The lowest BCUT2D eigenvalue weighted by Crippen LogP contribution is -2.25. The average molecular weight is 358 g/mol. The van der Waals surface area contributed by atoms with E-state index in [1.165, 1.54) is 6.92 Å². The van der Waals surface area contributed by atoms with Crippen LogP contribution >= 0.6 is 0 Å². The highest BCUT2D eigenvalue weighted by atomic mass is 16.5. The number of ether oxygens (including phenoxy) is 1. The summed E-state index contributed by atoms with van der Waals surface area (Å²) >= 11 is 0. The minimum atomic E-state index is -0.0717. The number of carbonyl (C=O) groups excluding carboxylic acids is 1. The quantitative estimate of drug-likeness (QED) is 0.781. The van der Waals surface area contributed by atoms with E-state index in [0.717, 1.165) is 49.1 Å². The highest BCUT2D eigenvalue weighted by Crippen LogP contribution is 2.20. The van der Waals surface area contributed by atoms with Gasteiger partial charge in [-0.3, -0.25) is 19.8 Å². The van der Waals surface area contributed by atoms with Crippen LogP contribution in [-0.4, -0.2) is 50.2 Å². The van der Waals surface area contributed by atoms with Gasteiger partial charge in [-0.05, 0) is 12.5 Å². The number of pyridine rings is 1. The number of hydrogen-bond donors (Lipinski definition) is 2. The number of rotatable bonds is 7. The first kappa shape index (κ1) is 18.3. The number of carbonyl (C=O) groups is 1. The number of nitrogens with one attached hydrogen (secondary N) is 2. The molecule has 8 nitrogen and oxygen atoms in total. The van der Waals surface area contributed by atoms with Crippen LogP contribution in [-0.2, 0) is 17.9 Å². The van der Waals surface area contributed by atoms with Crippen molar-refractivity contribution in [2.24, 2.45) is 0 Å². The number of likely N-dealkylation sites (tertiary alicyclic amines) is 1. The first-order chi connectivity index (χ1) is 12.5. The van der Waals surface area contributed by atoms with Gasteiger partial charge in [-0.2, -0.15) is 5.10 Å². The van der Waals surface area contributed by atoms with Crippen LogP contribution in [0.15, 0.2) is 18.3 Å². The largest absolute Gasteiger partial charge is 0.489 e. The number of aromatic amines is 1. The van der Waals surface area contributed by atoms with Crippen molar-refractivity contribution < 1.29 is 9.53 Å². The Morgan fingerprint density at radius 3 is 3.08 bits per heavy atom. The van der Waals surface area contributed by atoms with E-state index >= 15 is 0 Å².